The van der Waals surface area contributed by atoms with Crippen LogP contribution in [0, 0.1) is 5.92 Å². The second kappa shape index (κ2) is 3.81. The summed E-state index contributed by atoms with van der Waals surface area (Å²) in [6, 6.07) is 5.81. The lowest BCUT2D eigenvalue weighted by atomic mass is 10.2. The SMILES string of the molecule is CC(C)CNc1ccc2[nH]c(=O)[nH]c2c1. The standard InChI is InChI=1S/C11H15N3O/c1-7(2)6-12-8-3-4-9-10(5-8)14-11(15)13-9/h3-5,7,12H,6H2,1-2H3,(H2,13,14,15). The Bertz CT molecular complexity index is 510. The van der Waals surface area contributed by atoms with Crippen LogP contribution in [0.2, 0.25) is 0 Å². The van der Waals surface area contributed by atoms with Gasteiger partial charge >= 0.3 is 5.69 Å². The number of rotatable bonds is 3. The zero-order valence-corrected chi connectivity index (χ0v) is 8.92. The Balaban J connectivity index is 2.26. The minimum absolute atomic E-state index is 0.161. The van der Waals surface area contributed by atoms with Crippen molar-refractivity contribution < 1.29 is 0 Å². The fraction of sp³-hybridized carbons (Fsp3) is 0.364. The Labute approximate surface area is 87.7 Å². The Morgan fingerprint density at radius 2 is 2.00 bits per heavy atom. The minimum atomic E-state index is -0.161. The zero-order valence-electron chi connectivity index (χ0n) is 8.92. The molecule has 4 heteroatoms. The van der Waals surface area contributed by atoms with Gasteiger partial charge in [-0.25, -0.2) is 4.79 Å². The molecule has 15 heavy (non-hydrogen) atoms. The Morgan fingerprint density at radius 3 is 2.73 bits per heavy atom. The molecule has 0 unspecified atom stereocenters. The normalized spacial score (nSPS) is 11.1. The smallest absolute Gasteiger partial charge is 0.323 e. The number of nitrogens with one attached hydrogen (secondary N) is 3. The molecule has 80 valence electrons. The van der Waals surface area contributed by atoms with Gasteiger partial charge in [0.15, 0.2) is 0 Å². The molecule has 3 N–H and O–H groups in total. The van der Waals surface area contributed by atoms with Gasteiger partial charge in [-0.3, -0.25) is 0 Å². The highest BCUT2D eigenvalue weighted by Gasteiger charge is 2.00. The van der Waals surface area contributed by atoms with E-state index in [-0.39, 0.29) is 5.69 Å². The Kier molecular flexibility index (Phi) is 2.49. The lowest BCUT2D eigenvalue weighted by Crippen LogP contribution is -2.07. The van der Waals surface area contributed by atoms with E-state index in [0.29, 0.717) is 5.92 Å². The summed E-state index contributed by atoms with van der Waals surface area (Å²) >= 11 is 0. The van der Waals surface area contributed by atoms with Gasteiger partial charge in [-0.15, -0.1) is 0 Å². The van der Waals surface area contributed by atoms with Crippen molar-refractivity contribution in [2.24, 2.45) is 5.92 Å². The number of fused-ring (bicyclic) bond motifs is 1. The van der Waals surface area contributed by atoms with Gasteiger partial charge in [-0.05, 0) is 24.1 Å². The van der Waals surface area contributed by atoms with Crippen LogP contribution in [0.25, 0.3) is 11.0 Å². The highest BCUT2D eigenvalue weighted by Crippen LogP contribution is 2.14. The van der Waals surface area contributed by atoms with E-state index in [9.17, 15) is 4.79 Å². The highest BCUT2D eigenvalue weighted by atomic mass is 16.1. The Hall–Kier alpha value is -1.71. The molecule has 0 aliphatic heterocycles. The number of H-pyrrole nitrogens is 2. The summed E-state index contributed by atoms with van der Waals surface area (Å²) in [4.78, 5) is 16.5. The predicted molar refractivity (Wildman–Crippen MR) is 62.2 cm³/mol. The number of aromatic nitrogens is 2. The topological polar surface area (TPSA) is 60.7 Å². The maximum atomic E-state index is 11.0. The molecule has 0 saturated carbocycles. The lowest BCUT2D eigenvalue weighted by molar-refractivity contribution is 0.689. The van der Waals surface area contributed by atoms with Gasteiger partial charge in [0.05, 0.1) is 11.0 Å². The van der Waals surface area contributed by atoms with Crippen LogP contribution in [-0.2, 0) is 0 Å². The first kappa shape index (κ1) is 9.83. The fourth-order valence-corrected chi connectivity index (χ4v) is 1.46. The Morgan fingerprint density at radius 1 is 1.27 bits per heavy atom. The van der Waals surface area contributed by atoms with Crippen LogP contribution >= 0.6 is 0 Å². The molecule has 0 aliphatic rings. The van der Waals surface area contributed by atoms with Crippen molar-refractivity contribution in [3.8, 4) is 0 Å². The molecule has 1 aromatic carbocycles. The molecule has 0 atom stereocenters. The van der Waals surface area contributed by atoms with Crippen molar-refractivity contribution in [2.75, 3.05) is 11.9 Å². The van der Waals surface area contributed by atoms with E-state index in [0.717, 1.165) is 23.3 Å². The number of hydrogen-bond acceptors (Lipinski definition) is 2. The predicted octanol–water partition coefficient (Wildman–Crippen LogP) is 1.92. The third kappa shape index (κ3) is 2.21. The molecule has 0 aliphatic carbocycles. The van der Waals surface area contributed by atoms with Crippen molar-refractivity contribution in [1.29, 1.82) is 0 Å². The number of anilines is 1. The summed E-state index contributed by atoms with van der Waals surface area (Å²) in [6.07, 6.45) is 0. The molecular weight excluding hydrogens is 190 g/mol. The highest BCUT2D eigenvalue weighted by molar-refractivity contribution is 5.78. The number of benzene rings is 1. The molecule has 0 bridgehead atoms. The molecule has 4 nitrogen and oxygen atoms in total. The van der Waals surface area contributed by atoms with Crippen molar-refractivity contribution in [3.63, 3.8) is 0 Å². The first-order valence-corrected chi connectivity index (χ1v) is 5.11. The van der Waals surface area contributed by atoms with E-state index in [1.54, 1.807) is 0 Å². The summed E-state index contributed by atoms with van der Waals surface area (Å²) in [5, 5.41) is 3.31. The monoisotopic (exact) mass is 205 g/mol. The van der Waals surface area contributed by atoms with Crippen LogP contribution in [-0.4, -0.2) is 16.5 Å². The fourth-order valence-electron chi connectivity index (χ4n) is 1.46. The summed E-state index contributed by atoms with van der Waals surface area (Å²) in [6.45, 7) is 5.24. The summed E-state index contributed by atoms with van der Waals surface area (Å²) in [5.74, 6) is 0.603. The second-order valence-corrected chi connectivity index (χ2v) is 4.11. The van der Waals surface area contributed by atoms with Gasteiger partial charge in [0.2, 0.25) is 0 Å². The van der Waals surface area contributed by atoms with Gasteiger partial charge in [-0.1, -0.05) is 13.8 Å². The van der Waals surface area contributed by atoms with Gasteiger partial charge < -0.3 is 15.3 Å². The zero-order chi connectivity index (χ0) is 10.8. The maximum absolute atomic E-state index is 11.0. The molecule has 1 heterocycles. The molecule has 0 fully saturated rings. The van der Waals surface area contributed by atoms with Crippen molar-refractivity contribution >= 4 is 16.7 Å². The largest absolute Gasteiger partial charge is 0.385 e. The third-order valence-electron chi connectivity index (χ3n) is 2.23. The molecule has 0 radical (unpaired) electrons. The van der Waals surface area contributed by atoms with Gasteiger partial charge in [-0.2, -0.15) is 0 Å². The molecule has 2 aromatic rings. The van der Waals surface area contributed by atoms with Crippen molar-refractivity contribution in [1.82, 2.24) is 9.97 Å². The molecule has 1 aromatic heterocycles. The average Bonchev–Trinajstić information content (AvgIpc) is 2.53. The van der Waals surface area contributed by atoms with Crippen molar-refractivity contribution in [3.05, 3.63) is 28.7 Å². The van der Waals surface area contributed by atoms with E-state index in [4.69, 9.17) is 0 Å². The van der Waals surface area contributed by atoms with Crippen molar-refractivity contribution in [2.45, 2.75) is 13.8 Å². The number of imidazole rings is 1. The first-order valence-electron chi connectivity index (χ1n) is 5.11. The van der Waals surface area contributed by atoms with Crippen LogP contribution in [0.5, 0.6) is 0 Å². The second-order valence-electron chi connectivity index (χ2n) is 4.11. The van der Waals surface area contributed by atoms with E-state index < -0.39 is 0 Å². The van der Waals surface area contributed by atoms with Crippen LogP contribution in [0.3, 0.4) is 0 Å². The first-order chi connectivity index (χ1) is 7.15. The quantitative estimate of drug-likeness (QED) is 0.717. The summed E-state index contributed by atoms with van der Waals surface area (Å²) in [7, 11) is 0. The van der Waals surface area contributed by atoms with Crippen LogP contribution in [0.1, 0.15) is 13.8 Å². The van der Waals surface area contributed by atoms with Gasteiger partial charge in [0, 0.05) is 12.2 Å². The summed E-state index contributed by atoms with van der Waals surface area (Å²) in [5.41, 5.74) is 2.56. The van der Waals surface area contributed by atoms with E-state index in [1.807, 2.05) is 18.2 Å². The minimum Gasteiger partial charge on any atom is -0.385 e. The molecule has 0 saturated heterocycles. The lowest BCUT2D eigenvalue weighted by Gasteiger charge is -2.08. The van der Waals surface area contributed by atoms with Crippen LogP contribution < -0.4 is 11.0 Å². The van der Waals surface area contributed by atoms with E-state index in [2.05, 4.69) is 29.1 Å². The maximum Gasteiger partial charge on any atom is 0.323 e. The number of aromatic amines is 2. The average molecular weight is 205 g/mol. The van der Waals surface area contributed by atoms with E-state index in [1.165, 1.54) is 0 Å². The van der Waals surface area contributed by atoms with E-state index >= 15 is 0 Å². The van der Waals surface area contributed by atoms with Crippen LogP contribution in [0.4, 0.5) is 5.69 Å². The van der Waals surface area contributed by atoms with Gasteiger partial charge in [0.1, 0.15) is 0 Å². The molecule has 0 spiro atoms. The van der Waals surface area contributed by atoms with Gasteiger partial charge in [0.25, 0.3) is 0 Å². The molecule has 0 amide bonds. The molecule has 2 rings (SSSR count). The number of hydrogen-bond donors (Lipinski definition) is 3. The molecular formula is C11H15N3O. The summed E-state index contributed by atoms with van der Waals surface area (Å²) < 4.78 is 0. The third-order valence-corrected chi connectivity index (χ3v) is 2.23. The van der Waals surface area contributed by atoms with Crippen LogP contribution in [0.15, 0.2) is 23.0 Å².